The Balaban J connectivity index is 3.57. The van der Waals surface area contributed by atoms with Gasteiger partial charge in [0.1, 0.15) is 0 Å². The Morgan fingerprint density at radius 1 is 1.60 bits per heavy atom. The molecule has 1 unspecified atom stereocenters. The number of aliphatic hydroxyl groups excluding tert-OH is 1. The van der Waals surface area contributed by atoms with Crippen LogP contribution in [0.2, 0.25) is 0 Å². The van der Waals surface area contributed by atoms with Gasteiger partial charge in [-0.05, 0) is 12.5 Å². The fourth-order valence-electron chi connectivity index (χ4n) is 0.440. The maximum atomic E-state index is 8.98. The van der Waals surface area contributed by atoms with Gasteiger partial charge in [-0.2, -0.15) is 0 Å². The van der Waals surface area contributed by atoms with E-state index in [1.54, 1.807) is 24.3 Å². The van der Waals surface area contributed by atoms with Gasteiger partial charge < -0.3 is 5.11 Å². The molecule has 1 heteroatoms. The van der Waals surface area contributed by atoms with Crippen molar-refractivity contribution in [3.63, 3.8) is 0 Å². The second kappa shape index (κ2) is 6.12. The maximum Gasteiger partial charge on any atom is 0.0721 e. The molecule has 0 fully saturated rings. The highest BCUT2D eigenvalue weighted by Gasteiger charge is 1.88. The van der Waals surface area contributed by atoms with E-state index in [9.17, 15) is 0 Å². The second-order valence-electron chi connectivity index (χ2n) is 1.89. The van der Waals surface area contributed by atoms with Crippen LogP contribution in [0.1, 0.15) is 13.3 Å². The summed E-state index contributed by atoms with van der Waals surface area (Å²) < 4.78 is 0. The minimum Gasteiger partial charge on any atom is -0.389 e. The van der Waals surface area contributed by atoms with E-state index in [4.69, 9.17) is 11.5 Å². The SMILES string of the molecule is C#CC=CC=CC(O)CC. The van der Waals surface area contributed by atoms with Crippen LogP contribution in [-0.2, 0) is 0 Å². The zero-order valence-electron chi connectivity index (χ0n) is 6.12. The highest BCUT2D eigenvalue weighted by atomic mass is 16.3. The Bertz CT molecular complexity index is 160. The molecule has 0 aromatic rings. The lowest BCUT2D eigenvalue weighted by Crippen LogP contribution is -1.97. The zero-order valence-corrected chi connectivity index (χ0v) is 6.12. The molecule has 1 atom stereocenters. The number of terminal acetylenes is 1. The van der Waals surface area contributed by atoms with E-state index in [1.807, 2.05) is 6.92 Å². The molecule has 0 aliphatic rings. The molecule has 0 aromatic heterocycles. The normalized spacial score (nSPS) is 14.1. The molecule has 0 spiro atoms. The van der Waals surface area contributed by atoms with Gasteiger partial charge in [-0.1, -0.05) is 31.1 Å². The van der Waals surface area contributed by atoms with Gasteiger partial charge in [0.15, 0.2) is 0 Å². The Kier molecular flexibility index (Phi) is 5.51. The molecule has 0 saturated carbocycles. The molecule has 54 valence electrons. The quantitative estimate of drug-likeness (QED) is 0.460. The molecule has 0 heterocycles. The maximum absolute atomic E-state index is 8.98. The van der Waals surface area contributed by atoms with E-state index in [0.29, 0.717) is 0 Å². The predicted molar refractivity (Wildman–Crippen MR) is 43.4 cm³/mol. The van der Waals surface area contributed by atoms with Crippen LogP contribution in [-0.4, -0.2) is 11.2 Å². The van der Waals surface area contributed by atoms with Gasteiger partial charge >= 0.3 is 0 Å². The Morgan fingerprint density at radius 3 is 2.80 bits per heavy atom. The first-order valence-electron chi connectivity index (χ1n) is 3.28. The van der Waals surface area contributed by atoms with Crippen LogP contribution in [0, 0.1) is 12.3 Å². The average Bonchev–Trinajstić information content (AvgIpc) is 1.98. The lowest BCUT2D eigenvalue weighted by Gasteiger charge is -1.95. The molecule has 0 bridgehead atoms. The van der Waals surface area contributed by atoms with E-state index in [0.717, 1.165) is 6.42 Å². The van der Waals surface area contributed by atoms with Crippen LogP contribution < -0.4 is 0 Å². The minimum absolute atomic E-state index is 0.345. The van der Waals surface area contributed by atoms with Gasteiger partial charge in [0.25, 0.3) is 0 Å². The first kappa shape index (κ1) is 9.00. The molecule has 0 rings (SSSR count). The van der Waals surface area contributed by atoms with Crippen molar-refractivity contribution in [1.82, 2.24) is 0 Å². The van der Waals surface area contributed by atoms with Crippen molar-refractivity contribution in [3.05, 3.63) is 24.3 Å². The van der Waals surface area contributed by atoms with Gasteiger partial charge in [0.05, 0.1) is 6.10 Å². The summed E-state index contributed by atoms with van der Waals surface area (Å²) in [4.78, 5) is 0. The Morgan fingerprint density at radius 2 is 2.30 bits per heavy atom. The third kappa shape index (κ3) is 5.14. The zero-order chi connectivity index (χ0) is 7.82. The standard InChI is InChI=1S/C9H12O/c1-3-5-6-7-8-9(10)4-2/h1,5-10H,4H2,2H3. The van der Waals surface area contributed by atoms with Crippen molar-refractivity contribution in [2.75, 3.05) is 0 Å². The Labute approximate surface area is 62.1 Å². The van der Waals surface area contributed by atoms with Gasteiger partial charge in [-0.15, -0.1) is 6.42 Å². The first-order chi connectivity index (χ1) is 4.81. The van der Waals surface area contributed by atoms with Crippen LogP contribution >= 0.6 is 0 Å². The fraction of sp³-hybridized carbons (Fsp3) is 0.333. The third-order valence-corrected chi connectivity index (χ3v) is 1.06. The molecule has 0 aliphatic carbocycles. The summed E-state index contributed by atoms with van der Waals surface area (Å²) in [6.45, 7) is 1.92. The first-order valence-corrected chi connectivity index (χ1v) is 3.28. The summed E-state index contributed by atoms with van der Waals surface area (Å²) in [6.07, 6.45) is 12.1. The number of rotatable bonds is 3. The molecule has 0 radical (unpaired) electrons. The molecule has 0 amide bonds. The molecule has 0 aromatic carbocycles. The van der Waals surface area contributed by atoms with E-state index >= 15 is 0 Å². The molecule has 1 nitrogen and oxygen atoms in total. The lowest BCUT2D eigenvalue weighted by molar-refractivity contribution is 0.219. The van der Waals surface area contributed by atoms with Crippen molar-refractivity contribution in [2.45, 2.75) is 19.4 Å². The molecule has 10 heavy (non-hydrogen) atoms. The monoisotopic (exact) mass is 136 g/mol. The van der Waals surface area contributed by atoms with E-state index < -0.39 is 0 Å². The van der Waals surface area contributed by atoms with Crippen molar-refractivity contribution in [3.8, 4) is 12.3 Å². The Hall–Kier alpha value is -1.00. The van der Waals surface area contributed by atoms with Crippen LogP contribution in [0.15, 0.2) is 24.3 Å². The summed E-state index contributed by atoms with van der Waals surface area (Å²) in [5, 5.41) is 8.98. The van der Waals surface area contributed by atoms with Crippen molar-refractivity contribution in [2.24, 2.45) is 0 Å². The average molecular weight is 136 g/mol. The summed E-state index contributed by atoms with van der Waals surface area (Å²) in [7, 11) is 0. The van der Waals surface area contributed by atoms with Crippen LogP contribution in [0.25, 0.3) is 0 Å². The lowest BCUT2D eigenvalue weighted by atomic mass is 10.2. The predicted octanol–water partition coefficient (Wildman–Crippen LogP) is 1.50. The van der Waals surface area contributed by atoms with Gasteiger partial charge in [-0.3, -0.25) is 0 Å². The number of aliphatic hydroxyl groups is 1. The van der Waals surface area contributed by atoms with Crippen molar-refractivity contribution in [1.29, 1.82) is 0 Å². The minimum atomic E-state index is -0.345. The van der Waals surface area contributed by atoms with E-state index in [2.05, 4.69) is 5.92 Å². The number of hydrogen-bond acceptors (Lipinski definition) is 1. The van der Waals surface area contributed by atoms with Crippen LogP contribution in [0.5, 0.6) is 0 Å². The highest BCUT2D eigenvalue weighted by Crippen LogP contribution is 1.91. The largest absolute Gasteiger partial charge is 0.389 e. The summed E-state index contributed by atoms with van der Waals surface area (Å²) in [5.74, 6) is 2.35. The second-order valence-corrected chi connectivity index (χ2v) is 1.89. The number of allylic oxidation sites excluding steroid dienone is 3. The van der Waals surface area contributed by atoms with Gasteiger partial charge in [0.2, 0.25) is 0 Å². The third-order valence-electron chi connectivity index (χ3n) is 1.06. The van der Waals surface area contributed by atoms with Crippen molar-refractivity contribution < 1.29 is 5.11 Å². The van der Waals surface area contributed by atoms with E-state index in [-0.39, 0.29) is 6.10 Å². The molecular formula is C9H12O. The molecule has 0 saturated heterocycles. The summed E-state index contributed by atoms with van der Waals surface area (Å²) in [5.41, 5.74) is 0. The van der Waals surface area contributed by atoms with Gasteiger partial charge in [-0.25, -0.2) is 0 Å². The number of hydrogen-bond donors (Lipinski definition) is 1. The highest BCUT2D eigenvalue weighted by molar-refractivity contribution is 5.16. The van der Waals surface area contributed by atoms with Crippen LogP contribution in [0.3, 0.4) is 0 Å². The van der Waals surface area contributed by atoms with Crippen LogP contribution in [0.4, 0.5) is 0 Å². The topological polar surface area (TPSA) is 20.2 Å². The van der Waals surface area contributed by atoms with E-state index in [1.165, 1.54) is 0 Å². The smallest absolute Gasteiger partial charge is 0.0721 e. The van der Waals surface area contributed by atoms with Crippen molar-refractivity contribution >= 4 is 0 Å². The summed E-state index contributed by atoms with van der Waals surface area (Å²) >= 11 is 0. The molecule has 0 aliphatic heterocycles. The molecule has 1 N–H and O–H groups in total. The summed E-state index contributed by atoms with van der Waals surface area (Å²) in [6, 6.07) is 0. The van der Waals surface area contributed by atoms with Gasteiger partial charge in [0, 0.05) is 0 Å². The molecular weight excluding hydrogens is 124 g/mol. The fourth-order valence-corrected chi connectivity index (χ4v) is 0.440.